The van der Waals surface area contributed by atoms with E-state index >= 15 is 0 Å². The molecule has 0 fully saturated rings. The molecule has 0 amide bonds. The van der Waals surface area contributed by atoms with Crippen molar-refractivity contribution >= 4 is 21.6 Å². The summed E-state index contributed by atoms with van der Waals surface area (Å²) < 4.78 is 26.2. The minimum Gasteiger partial charge on any atom is -0.309 e. The summed E-state index contributed by atoms with van der Waals surface area (Å²) in [6.45, 7) is 2.98. The number of nitrogens with zero attached hydrogens (tertiary/aromatic N) is 3. The molecular formula is C13H30ClN3O2S. The molecule has 20 heavy (non-hydrogen) atoms. The van der Waals surface area contributed by atoms with Crippen LogP contribution in [0.4, 0.5) is 0 Å². The average molecular weight is 328 g/mol. The summed E-state index contributed by atoms with van der Waals surface area (Å²) >= 11 is 5.61. The van der Waals surface area contributed by atoms with Gasteiger partial charge in [0.05, 0.1) is 5.75 Å². The summed E-state index contributed by atoms with van der Waals surface area (Å²) in [5, 5.41) is 0. The van der Waals surface area contributed by atoms with Crippen molar-refractivity contribution in [1.82, 2.24) is 14.1 Å². The van der Waals surface area contributed by atoms with Crippen LogP contribution in [-0.2, 0) is 10.0 Å². The van der Waals surface area contributed by atoms with E-state index in [0.29, 0.717) is 25.4 Å². The zero-order chi connectivity index (χ0) is 15.6. The molecule has 0 aliphatic heterocycles. The maximum absolute atomic E-state index is 12.3. The molecular weight excluding hydrogens is 298 g/mol. The fourth-order valence-electron chi connectivity index (χ4n) is 1.88. The van der Waals surface area contributed by atoms with Crippen LogP contribution in [0.3, 0.4) is 0 Å². The Labute approximate surface area is 129 Å². The Morgan fingerprint density at radius 1 is 0.800 bits per heavy atom. The zero-order valence-electron chi connectivity index (χ0n) is 13.3. The van der Waals surface area contributed by atoms with Gasteiger partial charge in [0.2, 0.25) is 10.0 Å². The van der Waals surface area contributed by atoms with Gasteiger partial charge < -0.3 is 9.80 Å². The van der Waals surface area contributed by atoms with Crippen molar-refractivity contribution in [3.05, 3.63) is 0 Å². The minimum atomic E-state index is -3.17. The molecule has 0 N–H and O–H groups in total. The number of halogens is 1. The third-order valence-corrected chi connectivity index (χ3v) is 5.18. The molecule has 0 aromatic rings. The Morgan fingerprint density at radius 2 is 1.25 bits per heavy atom. The number of alkyl halides is 1. The van der Waals surface area contributed by atoms with Crippen LogP contribution in [0.5, 0.6) is 0 Å². The third kappa shape index (κ3) is 9.94. The molecule has 0 spiro atoms. The topological polar surface area (TPSA) is 43.9 Å². The molecule has 0 saturated heterocycles. The van der Waals surface area contributed by atoms with Crippen LogP contribution in [0.15, 0.2) is 0 Å². The van der Waals surface area contributed by atoms with Crippen molar-refractivity contribution in [2.75, 3.05) is 66.0 Å². The van der Waals surface area contributed by atoms with E-state index in [9.17, 15) is 8.42 Å². The molecule has 0 aliphatic rings. The molecule has 0 rings (SSSR count). The van der Waals surface area contributed by atoms with Gasteiger partial charge in [-0.25, -0.2) is 12.7 Å². The standard InChI is InChI=1S/C13H30ClN3O2S/c1-15(2)9-6-11-17(12-7-10-16(3)4)20(18,19)13-5-8-14/h5-13H2,1-4H3. The van der Waals surface area contributed by atoms with Gasteiger partial charge >= 0.3 is 0 Å². The van der Waals surface area contributed by atoms with Gasteiger partial charge in [-0.05, 0) is 60.5 Å². The van der Waals surface area contributed by atoms with Gasteiger partial charge in [0, 0.05) is 19.0 Å². The quantitative estimate of drug-likeness (QED) is 0.504. The van der Waals surface area contributed by atoms with Gasteiger partial charge in [0.25, 0.3) is 0 Å². The van der Waals surface area contributed by atoms with E-state index in [1.54, 1.807) is 4.31 Å². The Kier molecular flexibility index (Phi) is 10.9. The van der Waals surface area contributed by atoms with E-state index in [1.807, 2.05) is 28.2 Å². The van der Waals surface area contributed by atoms with Crippen molar-refractivity contribution in [1.29, 1.82) is 0 Å². The van der Waals surface area contributed by atoms with Crippen molar-refractivity contribution in [2.45, 2.75) is 19.3 Å². The normalized spacial score (nSPS) is 12.8. The molecule has 0 heterocycles. The fourth-order valence-corrected chi connectivity index (χ4v) is 3.76. The van der Waals surface area contributed by atoms with Crippen molar-refractivity contribution in [3.63, 3.8) is 0 Å². The molecule has 0 saturated carbocycles. The van der Waals surface area contributed by atoms with Crippen LogP contribution in [0.25, 0.3) is 0 Å². The van der Waals surface area contributed by atoms with E-state index in [0.717, 1.165) is 25.9 Å². The summed E-state index contributed by atoms with van der Waals surface area (Å²) in [5.41, 5.74) is 0. The highest BCUT2D eigenvalue weighted by atomic mass is 35.5. The van der Waals surface area contributed by atoms with Crippen LogP contribution in [-0.4, -0.2) is 88.5 Å². The van der Waals surface area contributed by atoms with E-state index < -0.39 is 10.0 Å². The van der Waals surface area contributed by atoms with Crippen molar-refractivity contribution in [2.24, 2.45) is 0 Å². The van der Waals surface area contributed by atoms with Gasteiger partial charge in [-0.15, -0.1) is 11.6 Å². The van der Waals surface area contributed by atoms with Gasteiger partial charge in [-0.3, -0.25) is 0 Å². The highest BCUT2D eigenvalue weighted by Gasteiger charge is 2.20. The lowest BCUT2D eigenvalue weighted by Crippen LogP contribution is -2.37. The number of hydrogen-bond donors (Lipinski definition) is 0. The number of hydrogen-bond acceptors (Lipinski definition) is 4. The van der Waals surface area contributed by atoms with E-state index in [2.05, 4.69) is 9.80 Å². The van der Waals surface area contributed by atoms with Crippen molar-refractivity contribution < 1.29 is 8.42 Å². The average Bonchev–Trinajstić information content (AvgIpc) is 2.33. The first-order valence-corrected chi connectivity index (χ1v) is 9.27. The smallest absolute Gasteiger partial charge is 0.214 e. The summed E-state index contributed by atoms with van der Waals surface area (Å²) in [4.78, 5) is 4.15. The highest BCUT2D eigenvalue weighted by molar-refractivity contribution is 7.89. The van der Waals surface area contributed by atoms with Crippen LogP contribution in [0.1, 0.15) is 19.3 Å². The lowest BCUT2D eigenvalue weighted by Gasteiger charge is -2.23. The Hall–Kier alpha value is 0.120. The summed E-state index contributed by atoms with van der Waals surface area (Å²) in [6, 6.07) is 0. The van der Waals surface area contributed by atoms with Crippen LogP contribution >= 0.6 is 11.6 Å². The molecule has 0 aromatic carbocycles. The highest BCUT2D eigenvalue weighted by Crippen LogP contribution is 2.07. The second-order valence-corrected chi connectivity index (χ2v) is 8.04. The fraction of sp³-hybridized carbons (Fsp3) is 1.00. The Balaban J connectivity index is 4.43. The van der Waals surface area contributed by atoms with E-state index in [4.69, 9.17) is 11.6 Å². The first kappa shape index (κ1) is 20.1. The van der Waals surface area contributed by atoms with Crippen LogP contribution < -0.4 is 0 Å². The van der Waals surface area contributed by atoms with Crippen LogP contribution in [0, 0.1) is 0 Å². The predicted molar refractivity (Wildman–Crippen MR) is 87.0 cm³/mol. The molecule has 0 atom stereocenters. The molecule has 0 unspecified atom stereocenters. The lowest BCUT2D eigenvalue weighted by atomic mass is 10.3. The van der Waals surface area contributed by atoms with Gasteiger partial charge in [0.15, 0.2) is 0 Å². The molecule has 7 heteroatoms. The maximum atomic E-state index is 12.3. The van der Waals surface area contributed by atoms with Crippen LogP contribution in [0.2, 0.25) is 0 Å². The van der Waals surface area contributed by atoms with Crippen molar-refractivity contribution in [3.8, 4) is 0 Å². The summed E-state index contributed by atoms with van der Waals surface area (Å²) in [5.74, 6) is 0.545. The van der Waals surface area contributed by atoms with Gasteiger partial charge in [-0.2, -0.15) is 0 Å². The molecule has 0 bridgehead atoms. The third-order valence-electron chi connectivity index (χ3n) is 2.95. The summed E-state index contributed by atoms with van der Waals surface area (Å²) in [6.07, 6.45) is 2.23. The van der Waals surface area contributed by atoms with E-state index in [1.165, 1.54) is 0 Å². The monoisotopic (exact) mass is 327 g/mol. The molecule has 0 aromatic heterocycles. The SMILES string of the molecule is CN(C)CCCN(CCCN(C)C)S(=O)(=O)CCCCl. The number of rotatable bonds is 12. The molecule has 0 radical (unpaired) electrons. The largest absolute Gasteiger partial charge is 0.309 e. The number of sulfonamides is 1. The minimum absolute atomic E-state index is 0.153. The Bertz CT molecular complexity index is 321. The second kappa shape index (κ2) is 10.8. The van der Waals surface area contributed by atoms with Gasteiger partial charge in [0.1, 0.15) is 0 Å². The van der Waals surface area contributed by atoms with E-state index in [-0.39, 0.29) is 5.75 Å². The lowest BCUT2D eigenvalue weighted by molar-refractivity contribution is 0.326. The second-order valence-electron chi connectivity index (χ2n) is 5.57. The maximum Gasteiger partial charge on any atom is 0.214 e. The summed E-state index contributed by atoms with van der Waals surface area (Å²) in [7, 11) is 4.83. The molecule has 5 nitrogen and oxygen atoms in total. The molecule has 122 valence electrons. The Morgan fingerprint density at radius 3 is 1.60 bits per heavy atom. The first-order valence-electron chi connectivity index (χ1n) is 7.13. The molecule has 0 aliphatic carbocycles. The predicted octanol–water partition coefficient (Wildman–Crippen LogP) is 1.15. The zero-order valence-corrected chi connectivity index (χ0v) is 14.9. The van der Waals surface area contributed by atoms with Gasteiger partial charge in [-0.1, -0.05) is 0 Å². The first-order chi connectivity index (χ1) is 9.29.